The maximum atomic E-state index is 11.3. The van der Waals surface area contributed by atoms with E-state index in [1.54, 1.807) is 11.8 Å². The highest BCUT2D eigenvalue weighted by Gasteiger charge is 2.09. The zero-order valence-corrected chi connectivity index (χ0v) is 21.0. The van der Waals surface area contributed by atoms with Crippen molar-refractivity contribution in [2.45, 2.75) is 103 Å². The normalized spacial score (nSPS) is 12.8. The number of ether oxygens (including phenoxy) is 1. The Bertz CT molecular complexity index is 462. The molecule has 2 unspecified atom stereocenters. The number of aliphatic hydroxyl groups excluding tert-OH is 2. The molecule has 0 heterocycles. The van der Waals surface area contributed by atoms with E-state index in [2.05, 4.69) is 6.92 Å². The molecule has 7 nitrogen and oxygen atoms in total. The number of hydrogen-bond acceptors (Lipinski definition) is 7. The van der Waals surface area contributed by atoms with Gasteiger partial charge in [-0.15, -0.1) is 0 Å². The van der Waals surface area contributed by atoms with E-state index in [0.717, 1.165) is 18.6 Å². The van der Waals surface area contributed by atoms with Gasteiger partial charge in [-0.3, -0.25) is 4.79 Å². The fraction of sp³-hybridized carbons (Fsp3) is 0.833. The number of hydrogen-bond donors (Lipinski definition) is 4. The van der Waals surface area contributed by atoms with Crippen LogP contribution in [-0.2, 0) is 14.3 Å². The lowest BCUT2D eigenvalue weighted by molar-refractivity contribution is -0.141. The molecule has 0 aromatic carbocycles. The van der Waals surface area contributed by atoms with Gasteiger partial charge < -0.3 is 25.8 Å². The molecule has 0 spiro atoms. The zero-order valence-electron chi connectivity index (χ0n) is 20.2. The van der Waals surface area contributed by atoms with Crippen molar-refractivity contribution >= 4 is 23.7 Å². The smallest absolute Gasteiger partial charge is 0.330 e. The fourth-order valence-corrected chi connectivity index (χ4v) is 3.24. The van der Waals surface area contributed by atoms with E-state index in [-0.39, 0.29) is 6.61 Å². The number of thioether (sulfide) groups is 1. The van der Waals surface area contributed by atoms with Crippen LogP contribution < -0.4 is 5.73 Å². The van der Waals surface area contributed by atoms with E-state index < -0.39 is 30.7 Å². The van der Waals surface area contributed by atoms with Gasteiger partial charge in [-0.2, -0.15) is 11.8 Å². The minimum atomic E-state index is -0.987. The molecule has 0 fully saturated rings. The van der Waals surface area contributed by atoms with Gasteiger partial charge in [0.15, 0.2) is 0 Å². The fourth-order valence-electron chi connectivity index (χ4n) is 2.75. The summed E-state index contributed by atoms with van der Waals surface area (Å²) < 4.78 is 4.77. The number of rotatable bonds is 20. The lowest BCUT2D eigenvalue weighted by atomic mass is 10.1. The molecule has 0 rings (SSSR count). The second-order valence-corrected chi connectivity index (χ2v) is 8.90. The van der Waals surface area contributed by atoms with Crippen molar-refractivity contribution in [1.82, 2.24) is 0 Å². The molecule has 0 aliphatic carbocycles. The van der Waals surface area contributed by atoms with Crippen molar-refractivity contribution in [3.63, 3.8) is 0 Å². The van der Waals surface area contributed by atoms with Crippen LogP contribution in [0.3, 0.4) is 0 Å². The summed E-state index contributed by atoms with van der Waals surface area (Å²) in [7, 11) is 0. The Morgan fingerprint density at radius 1 is 1.00 bits per heavy atom. The summed E-state index contributed by atoms with van der Waals surface area (Å²) in [6.07, 6.45) is 20.1. The van der Waals surface area contributed by atoms with Gasteiger partial charge in [-0.25, -0.2) is 4.79 Å². The van der Waals surface area contributed by atoms with Crippen molar-refractivity contribution in [3.05, 3.63) is 12.2 Å². The van der Waals surface area contributed by atoms with Crippen molar-refractivity contribution in [2.75, 3.05) is 25.2 Å². The Balaban J connectivity index is 0. The van der Waals surface area contributed by atoms with Crippen LogP contribution in [0, 0.1) is 0 Å². The van der Waals surface area contributed by atoms with Gasteiger partial charge in [0.05, 0.1) is 6.61 Å². The number of allylic oxidation sites excluding steroid dienone is 1. The highest BCUT2D eigenvalue weighted by Crippen LogP contribution is 2.12. The Labute approximate surface area is 199 Å². The van der Waals surface area contributed by atoms with Gasteiger partial charge in [-0.1, -0.05) is 77.2 Å². The maximum absolute atomic E-state index is 11.3. The summed E-state index contributed by atoms with van der Waals surface area (Å²) in [5, 5.41) is 25.9. The standard InChI is InChI=1S/C19H36O4.C5H11NO2S/c1-2-3-4-5-6-7-8-9-10-11-12-13-14-15-19(22)23-17-18(21)16-20;1-9-3-2-4(6)5(7)8/h14-15,18,20-21H,2-13,16-17H2,1H3;4H,2-3,6H2,1H3,(H,7,8)/b15-14+;. The molecule has 2 atom stereocenters. The molecule has 0 amide bonds. The van der Waals surface area contributed by atoms with E-state index in [9.17, 15) is 9.59 Å². The molecule has 190 valence electrons. The Kier molecular flexibility index (Phi) is 27.1. The van der Waals surface area contributed by atoms with E-state index in [1.807, 2.05) is 12.3 Å². The Morgan fingerprint density at radius 3 is 2.00 bits per heavy atom. The summed E-state index contributed by atoms with van der Waals surface area (Å²) in [5.74, 6) is -0.558. The van der Waals surface area contributed by atoms with Gasteiger partial charge in [0.1, 0.15) is 18.8 Å². The summed E-state index contributed by atoms with van der Waals surface area (Å²) in [4.78, 5) is 21.3. The van der Waals surface area contributed by atoms with Crippen molar-refractivity contribution in [1.29, 1.82) is 0 Å². The topological polar surface area (TPSA) is 130 Å². The first-order chi connectivity index (χ1) is 15.4. The highest BCUT2D eigenvalue weighted by atomic mass is 32.2. The van der Waals surface area contributed by atoms with Crippen LogP contribution in [0.5, 0.6) is 0 Å². The van der Waals surface area contributed by atoms with Gasteiger partial charge in [-0.05, 0) is 31.3 Å². The summed E-state index contributed by atoms with van der Waals surface area (Å²) in [6, 6.07) is -0.683. The average Bonchev–Trinajstić information content (AvgIpc) is 2.79. The number of aliphatic hydroxyl groups is 2. The first-order valence-corrected chi connectivity index (χ1v) is 13.4. The van der Waals surface area contributed by atoms with Crippen LogP contribution in [0.25, 0.3) is 0 Å². The number of carboxylic acids is 1. The number of carbonyl (C=O) groups is 2. The summed E-state index contributed by atoms with van der Waals surface area (Å²) in [6.45, 7) is 1.70. The van der Waals surface area contributed by atoms with Crippen LogP contribution in [0.4, 0.5) is 0 Å². The molecule has 0 bridgehead atoms. The van der Waals surface area contributed by atoms with Gasteiger partial charge in [0.2, 0.25) is 0 Å². The van der Waals surface area contributed by atoms with Gasteiger partial charge >= 0.3 is 11.9 Å². The minimum absolute atomic E-state index is 0.155. The number of esters is 1. The second-order valence-electron chi connectivity index (χ2n) is 7.92. The first-order valence-electron chi connectivity index (χ1n) is 12.0. The molecule has 0 aliphatic heterocycles. The van der Waals surface area contributed by atoms with Crippen LogP contribution in [0.1, 0.15) is 90.4 Å². The highest BCUT2D eigenvalue weighted by molar-refractivity contribution is 7.98. The van der Waals surface area contributed by atoms with Crippen molar-refractivity contribution in [2.24, 2.45) is 5.73 Å². The Morgan fingerprint density at radius 2 is 1.53 bits per heavy atom. The number of carbonyl (C=O) groups excluding carboxylic acids is 1. The zero-order chi connectivity index (χ0) is 24.5. The molecule has 0 saturated carbocycles. The third-order valence-electron chi connectivity index (χ3n) is 4.81. The molecule has 0 aliphatic rings. The lowest BCUT2D eigenvalue weighted by Gasteiger charge is -2.06. The molecular weight excluding hydrogens is 430 g/mol. The molecular formula is C24H47NO6S. The largest absolute Gasteiger partial charge is 0.480 e. The van der Waals surface area contributed by atoms with E-state index in [4.69, 9.17) is 25.8 Å². The first kappa shape index (κ1) is 33.1. The maximum Gasteiger partial charge on any atom is 0.330 e. The van der Waals surface area contributed by atoms with Crippen LogP contribution in [-0.4, -0.2) is 64.6 Å². The molecule has 0 aromatic rings. The Hall–Kier alpha value is -1.09. The lowest BCUT2D eigenvalue weighted by Crippen LogP contribution is -2.30. The van der Waals surface area contributed by atoms with Gasteiger partial charge in [0.25, 0.3) is 0 Å². The van der Waals surface area contributed by atoms with Crippen LogP contribution in [0.2, 0.25) is 0 Å². The second kappa shape index (κ2) is 26.2. The van der Waals surface area contributed by atoms with E-state index in [1.165, 1.54) is 70.3 Å². The molecule has 5 N–H and O–H groups in total. The molecule has 32 heavy (non-hydrogen) atoms. The van der Waals surface area contributed by atoms with Gasteiger partial charge in [0, 0.05) is 6.08 Å². The monoisotopic (exact) mass is 477 g/mol. The predicted octanol–water partition coefficient (Wildman–Crippen LogP) is 4.29. The van der Waals surface area contributed by atoms with E-state index in [0.29, 0.717) is 6.42 Å². The number of aliphatic carboxylic acids is 1. The predicted molar refractivity (Wildman–Crippen MR) is 133 cm³/mol. The number of nitrogens with two attached hydrogens (primary N) is 1. The SMILES string of the molecule is CCCCCCCCCCCCC/C=C/C(=O)OCC(O)CO.CSCCC(N)C(=O)O. The van der Waals surface area contributed by atoms with Crippen molar-refractivity contribution < 1.29 is 29.6 Å². The third-order valence-corrected chi connectivity index (χ3v) is 5.45. The quantitative estimate of drug-likeness (QED) is 0.116. The summed E-state index contributed by atoms with van der Waals surface area (Å²) >= 11 is 1.60. The summed E-state index contributed by atoms with van der Waals surface area (Å²) in [5.41, 5.74) is 5.19. The molecule has 8 heteroatoms. The van der Waals surface area contributed by atoms with Crippen LogP contribution in [0.15, 0.2) is 12.2 Å². The molecule has 0 saturated heterocycles. The molecule has 0 aromatic heterocycles. The minimum Gasteiger partial charge on any atom is -0.480 e. The van der Waals surface area contributed by atoms with Crippen molar-refractivity contribution in [3.8, 4) is 0 Å². The third kappa shape index (κ3) is 26.9. The van der Waals surface area contributed by atoms with Crippen LogP contribution >= 0.6 is 11.8 Å². The average molecular weight is 478 g/mol. The van der Waals surface area contributed by atoms with E-state index >= 15 is 0 Å². The molecule has 0 radical (unpaired) electrons. The number of carboxylic acid groups (broad SMARTS) is 1. The number of unbranched alkanes of at least 4 members (excludes halogenated alkanes) is 11.